The third-order valence-electron chi connectivity index (χ3n) is 5.31. The van der Waals surface area contributed by atoms with E-state index in [2.05, 4.69) is 16.9 Å². The molecule has 0 amide bonds. The van der Waals surface area contributed by atoms with Crippen molar-refractivity contribution in [2.45, 2.75) is 25.0 Å². The van der Waals surface area contributed by atoms with Gasteiger partial charge in [-0.25, -0.2) is 13.8 Å². The monoisotopic (exact) mass is 383 g/mol. The number of benzene rings is 2. The van der Waals surface area contributed by atoms with Crippen LogP contribution in [-0.4, -0.2) is 36.2 Å². The molecular formula is C22H23F2N3O. The molecule has 0 spiro atoms. The molecule has 0 saturated heterocycles. The Kier molecular flexibility index (Phi) is 4.79. The maximum Gasteiger partial charge on any atom is 0.288 e. The van der Waals surface area contributed by atoms with E-state index in [1.165, 1.54) is 0 Å². The summed E-state index contributed by atoms with van der Waals surface area (Å²) in [5.41, 5.74) is 1.85. The lowest BCUT2D eigenvalue weighted by Crippen LogP contribution is -2.45. The molecule has 0 aromatic heterocycles. The Hall–Kier alpha value is -2.89. The van der Waals surface area contributed by atoms with Gasteiger partial charge in [0.05, 0.1) is 19.1 Å². The van der Waals surface area contributed by atoms with E-state index in [0.717, 1.165) is 23.6 Å². The van der Waals surface area contributed by atoms with Crippen LogP contribution in [0.3, 0.4) is 0 Å². The predicted molar refractivity (Wildman–Crippen MR) is 105 cm³/mol. The van der Waals surface area contributed by atoms with Crippen molar-refractivity contribution in [2.24, 2.45) is 4.99 Å². The van der Waals surface area contributed by atoms with Crippen LogP contribution in [0.1, 0.15) is 29.7 Å². The predicted octanol–water partition coefficient (Wildman–Crippen LogP) is 3.79. The first kappa shape index (κ1) is 18.5. The van der Waals surface area contributed by atoms with Gasteiger partial charge in [-0.3, -0.25) is 0 Å². The topological polar surface area (TPSA) is 36.9 Å². The van der Waals surface area contributed by atoms with Crippen LogP contribution in [0.5, 0.6) is 0 Å². The van der Waals surface area contributed by atoms with E-state index in [1.54, 1.807) is 18.3 Å². The summed E-state index contributed by atoms with van der Waals surface area (Å²) in [6, 6.07) is 12.2. The van der Waals surface area contributed by atoms with Crippen molar-refractivity contribution in [3.05, 3.63) is 83.6 Å². The fourth-order valence-corrected chi connectivity index (χ4v) is 3.89. The average molecular weight is 383 g/mol. The molecule has 0 fully saturated rings. The van der Waals surface area contributed by atoms with Crippen molar-refractivity contribution in [3.63, 3.8) is 0 Å². The highest BCUT2D eigenvalue weighted by Crippen LogP contribution is 2.38. The number of halogens is 2. The van der Waals surface area contributed by atoms with Crippen molar-refractivity contribution in [1.29, 1.82) is 0 Å². The fraction of sp³-hybridized carbons (Fsp3) is 0.318. The molecule has 2 heterocycles. The molecule has 2 aromatic carbocycles. The SMILES string of the molecule is C=CNC[C@@]1(C)CN=C(N2CCc3ccccc3[C@@H]2c2cccc(F)c2F)O1. The number of aliphatic imine (C=N–C) groups is 1. The fourth-order valence-electron chi connectivity index (χ4n) is 3.89. The number of nitrogens with one attached hydrogen (secondary N) is 1. The molecule has 2 aliphatic rings. The molecule has 2 atom stereocenters. The van der Waals surface area contributed by atoms with Crippen molar-refractivity contribution in [3.8, 4) is 0 Å². The summed E-state index contributed by atoms with van der Waals surface area (Å²) in [6.45, 7) is 7.29. The van der Waals surface area contributed by atoms with Gasteiger partial charge >= 0.3 is 0 Å². The van der Waals surface area contributed by atoms with Gasteiger partial charge in [0, 0.05) is 12.1 Å². The van der Waals surface area contributed by atoms with Crippen LogP contribution in [0.25, 0.3) is 0 Å². The second-order valence-corrected chi connectivity index (χ2v) is 7.42. The summed E-state index contributed by atoms with van der Waals surface area (Å²) >= 11 is 0. The van der Waals surface area contributed by atoms with E-state index in [4.69, 9.17) is 4.74 Å². The van der Waals surface area contributed by atoms with Crippen LogP contribution in [0.2, 0.25) is 0 Å². The van der Waals surface area contributed by atoms with E-state index < -0.39 is 23.3 Å². The lowest BCUT2D eigenvalue weighted by atomic mass is 9.88. The zero-order valence-corrected chi connectivity index (χ0v) is 15.8. The maximum absolute atomic E-state index is 14.8. The zero-order chi connectivity index (χ0) is 19.7. The average Bonchev–Trinajstić information content (AvgIpc) is 3.10. The second-order valence-electron chi connectivity index (χ2n) is 7.42. The normalized spacial score (nSPS) is 23.6. The van der Waals surface area contributed by atoms with Gasteiger partial charge in [0.2, 0.25) is 0 Å². The van der Waals surface area contributed by atoms with Crippen LogP contribution < -0.4 is 5.32 Å². The van der Waals surface area contributed by atoms with E-state index in [9.17, 15) is 8.78 Å². The highest BCUT2D eigenvalue weighted by atomic mass is 19.2. The third kappa shape index (κ3) is 3.23. The quantitative estimate of drug-likeness (QED) is 0.873. The summed E-state index contributed by atoms with van der Waals surface area (Å²) in [6.07, 6.45) is 2.41. The Morgan fingerprint density at radius 2 is 2.04 bits per heavy atom. The molecule has 0 bridgehead atoms. The standard InChI is InChI=1S/C22H23F2N3O/c1-3-25-13-22(2)14-26-21(28-22)27-12-11-15-7-4-5-8-16(15)20(27)17-9-6-10-18(23)19(17)24/h3-10,20,25H,1,11-14H2,2H3/t20-,22+/m1/s1. The molecular weight excluding hydrogens is 360 g/mol. The molecule has 6 heteroatoms. The molecule has 1 N–H and O–H groups in total. The number of nitrogens with zero attached hydrogens (tertiary/aromatic N) is 2. The highest BCUT2D eigenvalue weighted by molar-refractivity contribution is 5.77. The number of fused-ring (bicyclic) bond motifs is 1. The Labute approximate surface area is 163 Å². The first-order chi connectivity index (χ1) is 13.5. The van der Waals surface area contributed by atoms with E-state index in [1.807, 2.05) is 36.1 Å². The molecule has 4 nitrogen and oxygen atoms in total. The highest BCUT2D eigenvalue weighted by Gasteiger charge is 2.40. The lowest BCUT2D eigenvalue weighted by molar-refractivity contribution is 0.0823. The van der Waals surface area contributed by atoms with E-state index in [0.29, 0.717) is 25.7 Å². The molecule has 28 heavy (non-hydrogen) atoms. The van der Waals surface area contributed by atoms with Crippen LogP contribution in [0.15, 0.2) is 60.2 Å². The largest absolute Gasteiger partial charge is 0.455 e. The van der Waals surface area contributed by atoms with Crippen LogP contribution in [-0.2, 0) is 11.2 Å². The minimum Gasteiger partial charge on any atom is -0.455 e. The molecule has 0 unspecified atom stereocenters. The van der Waals surface area contributed by atoms with Crippen LogP contribution in [0, 0.1) is 11.6 Å². The Balaban J connectivity index is 1.73. The number of hydrogen-bond acceptors (Lipinski definition) is 4. The van der Waals surface area contributed by atoms with Crippen LogP contribution >= 0.6 is 0 Å². The van der Waals surface area contributed by atoms with Gasteiger partial charge in [0.25, 0.3) is 6.02 Å². The minimum absolute atomic E-state index is 0.288. The number of amidine groups is 1. The number of ether oxygens (including phenoxy) is 1. The Morgan fingerprint density at radius 3 is 2.86 bits per heavy atom. The Morgan fingerprint density at radius 1 is 1.25 bits per heavy atom. The van der Waals surface area contributed by atoms with Gasteiger partial charge in [0.1, 0.15) is 5.60 Å². The second kappa shape index (κ2) is 7.26. The van der Waals surface area contributed by atoms with Crippen LogP contribution in [0.4, 0.5) is 8.78 Å². The molecule has 4 rings (SSSR count). The Bertz CT molecular complexity index is 930. The molecule has 0 aliphatic carbocycles. The molecule has 0 radical (unpaired) electrons. The van der Waals surface area contributed by atoms with E-state index in [-0.39, 0.29) is 5.56 Å². The van der Waals surface area contributed by atoms with Gasteiger partial charge in [0.15, 0.2) is 11.6 Å². The minimum atomic E-state index is -0.852. The van der Waals surface area contributed by atoms with Gasteiger partial charge < -0.3 is 15.0 Å². The summed E-state index contributed by atoms with van der Waals surface area (Å²) in [7, 11) is 0. The molecule has 2 aliphatic heterocycles. The van der Waals surface area contributed by atoms with Gasteiger partial charge in [-0.1, -0.05) is 43.0 Å². The summed E-state index contributed by atoms with van der Waals surface area (Å²) in [5, 5.41) is 3.07. The molecule has 0 saturated carbocycles. The van der Waals surface area contributed by atoms with Gasteiger partial charge in [-0.15, -0.1) is 0 Å². The first-order valence-corrected chi connectivity index (χ1v) is 9.38. The number of hydrogen-bond donors (Lipinski definition) is 1. The van der Waals surface area contributed by atoms with Gasteiger partial charge in [-0.2, -0.15) is 0 Å². The van der Waals surface area contributed by atoms with Crippen molar-refractivity contribution in [1.82, 2.24) is 10.2 Å². The smallest absolute Gasteiger partial charge is 0.288 e. The maximum atomic E-state index is 14.8. The number of rotatable bonds is 4. The first-order valence-electron chi connectivity index (χ1n) is 9.38. The van der Waals surface area contributed by atoms with Crippen molar-refractivity contribution < 1.29 is 13.5 Å². The zero-order valence-electron chi connectivity index (χ0n) is 15.8. The molecule has 2 aromatic rings. The van der Waals surface area contributed by atoms with Gasteiger partial charge in [-0.05, 0) is 36.7 Å². The van der Waals surface area contributed by atoms with Crippen molar-refractivity contribution >= 4 is 6.02 Å². The lowest BCUT2D eigenvalue weighted by Gasteiger charge is -2.39. The third-order valence-corrected chi connectivity index (χ3v) is 5.31. The summed E-state index contributed by atoms with van der Waals surface area (Å²) in [4.78, 5) is 6.54. The van der Waals surface area contributed by atoms with E-state index >= 15 is 0 Å². The molecule has 146 valence electrons. The summed E-state index contributed by atoms with van der Waals surface area (Å²) < 4.78 is 34.9. The van der Waals surface area contributed by atoms with Crippen molar-refractivity contribution in [2.75, 3.05) is 19.6 Å². The summed E-state index contributed by atoms with van der Waals surface area (Å²) in [5.74, 6) is -1.68.